The van der Waals surface area contributed by atoms with Crippen molar-refractivity contribution in [1.82, 2.24) is 9.80 Å². The third-order valence-corrected chi connectivity index (χ3v) is 8.88. The third-order valence-electron chi connectivity index (χ3n) is 8.88. The maximum Gasteiger partial charge on any atom is 0.253 e. The van der Waals surface area contributed by atoms with Crippen molar-refractivity contribution in [3.8, 4) is 0 Å². The first-order valence-corrected chi connectivity index (χ1v) is 13.4. The lowest BCUT2D eigenvalue weighted by molar-refractivity contribution is -0.150. The Morgan fingerprint density at radius 3 is 2.53 bits per heavy atom. The summed E-state index contributed by atoms with van der Waals surface area (Å²) >= 11 is 0. The number of aliphatic hydroxyl groups excluding tert-OH is 1. The second-order valence-electron chi connectivity index (χ2n) is 11.3. The van der Waals surface area contributed by atoms with Gasteiger partial charge in [-0.25, -0.2) is 0 Å². The molecule has 2 bridgehead atoms. The summed E-state index contributed by atoms with van der Waals surface area (Å²) in [7, 11) is 1.70. The molecular weight excluding hydrogens is 482 g/mol. The number of carbonyl (C=O) groups is 3. The number of rotatable bonds is 10. The van der Waals surface area contributed by atoms with Crippen molar-refractivity contribution < 1.29 is 24.2 Å². The summed E-state index contributed by atoms with van der Waals surface area (Å²) < 4.78 is 6.81. The minimum Gasteiger partial charge on any atom is -0.396 e. The zero-order valence-corrected chi connectivity index (χ0v) is 23.3. The number of hydrogen-bond acceptors (Lipinski definition) is 5. The fourth-order valence-electron chi connectivity index (χ4n) is 6.99. The lowest BCUT2D eigenvalue weighted by Crippen LogP contribution is -2.57. The molecule has 8 nitrogen and oxygen atoms in total. The van der Waals surface area contributed by atoms with Crippen molar-refractivity contribution in [1.29, 1.82) is 0 Å². The zero-order valence-electron chi connectivity index (χ0n) is 23.3. The number of benzene rings is 1. The largest absolute Gasteiger partial charge is 0.396 e. The monoisotopic (exact) mass is 523 g/mol. The quantitative estimate of drug-likeness (QED) is 0.477. The number of carbonyl (C=O) groups excluding carboxylic acids is 3. The van der Waals surface area contributed by atoms with Crippen LogP contribution in [0.5, 0.6) is 0 Å². The summed E-state index contributed by atoms with van der Waals surface area (Å²) in [6.07, 6.45) is 4.15. The molecule has 0 aliphatic carbocycles. The summed E-state index contributed by atoms with van der Waals surface area (Å²) in [5.41, 5.74) is 0.691. The van der Waals surface area contributed by atoms with Crippen LogP contribution in [0.2, 0.25) is 0 Å². The van der Waals surface area contributed by atoms with Crippen molar-refractivity contribution in [2.24, 2.45) is 17.8 Å². The van der Waals surface area contributed by atoms with Crippen molar-refractivity contribution >= 4 is 23.4 Å². The van der Waals surface area contributed by atoms with Crippen molar-refractivity contribution in [3.05, 3.63) is 54.6 Å². The normalized spacial score (nSPS) is 31.3. The van der Waals surface area contributed by atoms with Gasteiger partial charge in [0.05, 0.1) is 17.4 Å². The average Bonchev–Trinajstić information content (AvgIpc) is 3.38. The molecule has 3 amide bonds. The van der Waals surface area contributed by atoms with E-state index in [4.69, 9.17) is 4.74 Å². The first-order valence-electron chi connectivity index (χ1n) is 13.4. The molecule has 1 aromatic carbocycles. The molecule has 1 N–H and O–H groups in total. The highest BCUT2D eigenvalue weighted by atomic mass is 16.5. The van der Waals surface area contributed by atoms with Gasteiger partial charge in [0.1, 0.15) is 11.6 Å². The first-order chi connectivity index (χ1) is 18.0. The van der Waals surface area contributed by atoms with E-state index in [0.717, 1.165) is 16.8 Å². The molecule has 1 spiro atoms. The summed E-state index contributed by atoms with van der Waals surface area (Å²) in [5.74, 6) is -2.22. The van der Waals surface area contributed by atoms with Gasteiger partial charge in [0, 0.05) is 39.0 Å². The van der Waals surface area contributed by atoms with Crippen LogP contribution in [0, 0.1) is 31.6 Å². The standard InChI is InChI=1S/C30H41N3O5/c1-8-13-31(7)26(35)23-24-27(36)33(15-10-16-34)25(30(24)18-21(5)29(23,6)38-30)28(37)32(14-9-2)22-17-19(3)11-12-20(22)4/h8-9,11-12,17,21,23-25,34H,1-2,10,13-16,18H2,3-7H3/t21?,23-,24+,25?,29+,30?/m1/s1. The Hall–Kier alpha value is -2.97. The van der Waals surface area contributed by atoms with Crippen LogP contribution in [-0.4, -0.2) is 83.2 Å². The van der Waals surface area contributed by atoms with Crippen LogP contribution < -0.4 is 4.90 Å². The highest BCUT2D eigenvalue weighted by Gasteiger charge is 2.80. The van der Waals surface area contributed by atoms with Crippen LogP contribution in [-0.2, 0) is 19.1 Å². The number of nitrogens with zero attached hydrogens (tertiary/aromatic N) is 3. The van der Waals surface area contributed by atoms with Gasteiger partial charge in [-0.05, 0) is 56.7 Å². The molecule has 0 aromatic heterocycles. The molecule has 0 radical (unpaired) electrons. The molecule has 3 heterocycles. The third kappa shape index (κ3) is 4.09. The number of fused-ring (bicyclic) bond motifs is 1. The molecule has 3 saturated heterocycles. The molecule has 6 atom stereocenters. The number of likely N-dealkylation sites (N-methyl/N-ethyl adjacent to an activating group) is 1. The molecule has 3 aliphatic rings. The van der Waals surface area contributed by atoms with E-state index in [1.54, 1.807) is 33.9 Å². The topological polar surface area (TPSA) is 90.4 Å². The fourth-order valence-corrected chi connectivity index (χ4v) is 6.99. The van der Waals surface area contributed by atoms with Gasteiger partial charge in [-0.15, -0.1) is 13.2 Å². The molecule has 206 valence electrons. The van der Waals surface area contributed by atoms with Gasteiger partial charge in [-0.3, -0.25) is 14.4 Å². The Balaban J connectivity index is 1.85. The maximum absolute atomic E-state index is 14.6. The Kier molecular flexibility index (Phi) is 7.60. The van der Waals surface area contributed by atoms with Crippen molar-refractivity contribution in [2.45, 2.75) is 57.8 Å². The van der Waals surface area contributed by atoms with Crippen LogP contribution in [0.15, 0.2) is 43.5 Å². The minimum atomic E-state index is -1.13. The molecule has 1 aromatic rings. The maximum atomic E-state index is 14.6. The fraction of sp³-hybridized carbons (Fsp3) is 0.567. The van der Waals surface area contributed by atoms with Gasteiger partial charge in [0.15, 0.2) is 0 Å². The van der Waals surface area contributed by atoms with Crippen LogP contribution >= 0.6 is 0 Å². The Labute approximate surface area is 225 Å². The smallest absolute Gasteiger partial charge is 0.253 e. The lowest BCUT2D eigenvalue weighted by atomic mass is 9.62. The van der Waals surface area contributed by atoms with Crippen LogP contribution in [0.4, 0.5) is 5.69 Å². The zero-order chi connectivity index (χ0) is 28.0. The second-order valence-corrected chi connectivity index (χ2v) is 11.3. The molecule has 8 heteroatoms. The molecule has 4 rings (SSSR count). The number of likely N-dealkylation sites (tertiary alicyclic amines) is 1. The van der Waals surface area contributed by atoms with E-state index in [9.17, 15) is 19.5 Å². The Morgan fingerprint density at radius 2 is 1.89 bits per heavy atom. The first kappa shape index (κ1) is 28.0. The van der Waals surface area contributed by atoms with Crippen LogP contribution in [0.1, 0.15) is 37.8 Å². The van der Waals surface area contributed by atoms with Gasteiger partial charge in [0.2, 0.25) is 11.8 Å². The summed E-state index contributed by atoms with van der Waals surface area (Å²) in [4.78, 5) is 47.4. The number of ether oxygens (including phenoxy) is 1. The number of aryl methyl sites for hydroxylation is 2. The van der Waals surface area contributed by atoms with Crippen molar-refractivity contribution in [2.75, 3.05) is 38.2 Å². The van der Waals surface area contributed by atoms with E-state index < -0.39 is 29.1 Å². The molecule has 3 unspecified atom stereocenters. The minimum absolute atomic E-state index is 0.0423. The van der Waals surface area contributed by atoms with E-state index in [0.29, 0.717) is 19.4 Å². The lowest BCUT2D eigenvalue weighted by Gasteiger charge is -2.38. The molecule has 38 heavy (non-hydrogen) atoms. The number of amides is 3. The van der Waals surface area contributed by atoms with E-state index in [2.05, 4.69) is 13.2 Å². The molecule has 3 fully saturated rings. The Bertz CT molecular complexity index is 1150. The van der Waals surface area contributed by atoms with E-state index in [1.165, 1.54) is 0 Å². The van der Waals surface area contributed by atoms with E-state index in [1.807, 2.05) is 45.9 Å². The summed E-state index contributed by atoms with van der Waals surface area (Å²) in [6.45, 7) is 16.2. The average molecular weight is 524 g/mol. The second kappa shape index (κ2) is 10.3. The van der Waals surface area contributed by atoms with Crippen LogP contribution in [0.3, 0.4) is 0 Å². The summed E-state index contributed by atoms with van der Waals surface area (Å²) in [6, 6.07) is 5.02. The van der Waals surface area contributed by atoms with Crippen LogP contribution in [0.25, 0.3) is 0 Å². The van der Waals surface area contributed by atoms with Gasteiger partial charge >= 0.3 is 0 Å². The molecular formula is C30H41N3O5. The summed E-state index contributed by atoms with van der Waals surface area (Å²) in [5, 5.41) is 9.62. The number of hydrogen-bond donors (Lipinski definition) is 1. The van der Waals surface area contributed by atoms with E-state index in [-0.39, 0.29) is 43.3 Å². The van der Waals surface area contributed by atoms with Crippen molar-refractivity contribution in [3.63, 3.8) is 0 Å². The van der Waals surface area contributed by atoms with Gasteiger partial charge in [0.25, 0.3) is 5.91 Å². The molecule has 0 saturated carbocycles. The number of anilines is 1. The molecule has 3 aliphatic heterocycles. The van der Waals surface area contributed by atoms with Gasteiger partial charge in [-0.2, -0.15) is 0 Å². The van der Waals surface area contributed by atoms with Gasteiger partial charge in [-0.1, -0.05) is 31.2 Å². The number of aliphatic hydroxyl groups is 1. The van der Waals surface area contributed by atoms with E-state index >= 15 is 0 Å². The predicted molar refractivity (Wildman–Crippen MR) is 146 cm³/mol. The van der Waals surface area contributed by atoms with Gasteiger partial charge < -0.3 is 24.5 Å². The highest BCUT2D eigenvalue weighted by molar-refractivity contribution is 6.05. The Morgan fingerprint density at radius 1 is 1.21 bits per heavy atom. The SMILES string of the molecule is C=CCN(C)C(=O)[C@H]1[C@H]2C(=O)N(CCCO)C(C(=O)N(CC=C)c3cc(C)ccc3C)C23CC(C)[C@]1(C)O3. The predicted octanol–water partition coefficient (Wildman–Crippen LogP) is 2.86. The highest BCUT2D eigenvalue weighted by Crippen LogP contribution is 2.65.